The van der Waals surface area contributed by atoms with E-state index in [4.69, 9.17) is 5.11 Å². The average Bonchev–Trinajstić information content (AvgIpc) is 3.41. The first kappa shape index (κ1) is 20.7. The van der Waals surface area contributed by atoms with E-state index in [0.717, 1.165) is 37.5 Å². The Hall–Kier alpha value is -3.54. The SMILES string of the molecule is N#CC1(CNC(=O)[C@@H]2CCCC[C@@H]2NC(=O)c2cc3ccc(NC(=O)O)cc3[nH]2)CC1. The van der Waals surface area contributed by atoms with Crippen LogP contribution in [0.15, 0.2) is 24.3 Å². The van der Waals surface area contributed by atoms with Crippen molar-refractivity contribution in [3.63, 3.8) is 0 Å². The summed E-state index contributed by atoms with van der Waals surface area (Å²) >= 11 is 0. The fraction of sp³-hybridized carbons (Fsp3) is 0.455. The van der Waals surface area contributed by atoms with E-state index in [9.17, 15) is 19.6 Å². The van der Waals surface area contributed by atoms with Crippen molar-refractivity contribution in [3.8, 4) is 6.07 Å². The molecule has 2 aliphatic carbocycles. The van der Waals surface area contributed by atoms with Crippen molar-refractivity contribution in [2.45, 2.75) is 44.6 Å². The highest BCUT2D eigenvalue weighted by atomic mass is 16.4. The van der Waals surface area contributed by atoms with Gasteiger partial charge in [0.05, 0.1) is 17.4 Å². The third kappa shape index (κ3) is 4.63. The molecule has 0 unspecified atom stereocenters. The van der Waals surface area contributed by atoms with Crippen LogP contribution in [0.3, 0.4) is 0 Å². The van der Waals surface area contributed by atoms with E-state index in [2.05, 4.69) is 27.0 Å². The predicted octanol–water partition coefficient (Wildman–Crippen LogP) is 2.97. The predicted molar refractivity (Wildman–Crippen MR) is 113 cm³/mol. The van der Waals surface area contributed by atoms with Crippen molar-refractivity contribution in [2.75, 3.05) is 11.9 Å². The van der Waals surface area contributed by atoms with Crippen LogP contribution >= 0.6 is 0 Å². The lowest BCUT2D eigenvalue weighted by Crippen LogP contribution is -2.49. The molecule has 0 aliphatic heterocycles. The van der Waals surface area contributed by atoms with Gasteiger partial charge in [-0.2, -0.15) is 5.26 Å². The molecule has 2 fully saturated rings. The standard InChI is InChI=1S/C22H25N5O4/c23-11-22(7-8-22)12-24-19(28)15-3-1-2-4-16(15)27-20(29)18-9-13-5-6-14(25-21(30)31)10-17(13)26-18/h5-6,9-10,15-16,25-26H,1-4,7-8,12H2,(H,24,28)(H,27,29)(H,30,31)/t15-,16+/m1/s1. The molecule has 1 heterocycles. The summed E-state index contributed by atoms with van der Waals surface area (Å²) in [4.78, 5) is 39.4. The summed E-state index contributed by atoms with van der Waals surface area (Å²) < 4.78 is 0. The van der Waals surface area contributed by atoms with Gasteiger partial charge in [0.2, 0.25) is 5.91 Å². The van der Waals surface area contributed by atoms with Crippen LogP contribution in [0.1, 0.15) is 49.0 Å². The number of hydrogen-bond acceptors (Lipinski definition) is 4. The number of nitrogens with one attached hydrogen (secondary N) is 4. The number of aromatic nitrogens is 1. The summed E-state index contributed by atoms with van der Waals surface area (Å²) in [5.74, 6) is -0.722. The van der Waals surface area contributed by atoms with Crippen LogP contribution in [0.5, 0.6) is 0 Å². The molecule has 9 nitrogen and oxygen atoms in total. The summed E-state index contributed by atoms with van der Waals surface area (Å²) in [5, 5.41) is 27.0. The van der Waals surface area contributed by atoms with Crippen molar-refractivity contribution in [2.24, 2.45) is 11.3 Å². The highest BCUT2D eigenvalue weighted by Crippen LogP contribution is 2.44. The Morgan fingerprint density at radius 1 is 1.19 bits per heavy atom. The number of carbonyl (C=O) groups is 3. The first-order chi connectivity index (χ1) is 14.9. The van der Waals surface area contributed by atoms with Gasteiger partial charge < -0.3 is 20.7 Å². The Morgan fingerprint density at radius 3 is 2.68 bits per heavy atom. The van der Waals surface area contributed by atoms with E-state index >= 15 is 0 Å². The molecule has 0 bridgehead atoms. The number of carbonyl (C=O) groups excluding carboxylic acids is 2. The number of anilines is 1. The average molecular weight is 423 g/mol. The molecule has 5 N–H and O–H groups in total. The van der Waals surface area contributed by atoms with Gasteiger partial charge in [0.25, 0.3) is 5.91 Å². The molecule has 9 heteroatoms. The fourth-order valence-electron chi connectivity index (χ4n) is 4.18. The quantitative estimate of drug-likeness (QED) is 0.485. The van der Waals surface area contributed by atoms with Gasteiger partial charge in [0.15, 0.2) is 0 Å². The molecule has 4 rings (SSSR count). The molecule has 0 saturated heterocycles. The molecule has 2 atom stereocenters. The Kier molecular flexibility index (Phi) is 5.55. The second-order valence-corrected chi connectivity index (χ2v) is 8.50. The summed E-state index contributed by atoms with van der Waals surface area (Å²) in [6, 6.07) is 8.69. The smallest absolute Gasteiger partial charge is 0.409 e. The van der Waals surface area contributed by atoms with E-state index in [1.165, 1.54) is 0 Å². The molecule has 1 aromatic heterocycles. The van der Waals surface area contributed by atoms with Gasteiger partial charge in [-0.3, -0.25) is 14.9 Å². The molecular formula is C22H25N5O4. The molecule has 31 heavy (non-hydrogen) atoms. The number of H-pyrrole nitrogens is 1. The molecule has 0 radical (unpaired) electrons. The number of nitriles is 1. The van der Waals surface area contributed by atoms with Crippen LogP contribution in [-0.2, 0) is 4.79 Å². The maximum atomic E-state index is 12.9. The van der Waals surface area contributed by atoms with Crippen LogP contribution in [-0.4, -0.2) is 40.6 Å². The molecule has 0 spiro atoms. The zero-order chi connectivity index (χ0) is 22.0. The van der Waals surface area contributed by atoms with Crippen LogP contribution in [0, 0.1) is 22.7 Å². The van der Waals surface area contributed by atoms with Gasteiger partial charge in [-0.25, -0.2) is 4.79 Å². The maximum Gasteiger partial charge on any atom is 0.409 e. The van der Waals surface area contributed by atoms with Crippen molar-refractivity contribution in [1.82, 2.24) is 15.6 Å². The van der Waals surface area contributed by atoms with Crippen molar-refractivity contribution >= 4 is 34.5 Å². The van der Waals surface area contributed by atoms with Gasteiger partial charge in [-0.1, -0.05) is 18.9 Å². The summed E-state index contributed by atoms with van der Waals surface area (Å²) in [7, 11) is 0. The van der Waals surface area contributed by atoms with Crippen LogP contribution in [0.4, 0.5) is 10.5 Å². The zero-order valence-corrected chi connectivity index (χ0v) is 17.0. The second-order valence-electron chi connectivity index (χ2n) is 8.50. The van der Waals surface area contributed by atoms with Gasteiger partial charge in [-0.15, -0.1) is 0 Å². The maximum absolute atomic E-state index is 12.9. The van der Waals surface area contributed by atoms with Gasteiger partial charge in [0.1, 0.15) is 5.69 Å². The van der Waals surface area contributed by atoms with E-state index in [1.807, 2.05) is 0 Å². The lowest BCUT2D eigenvalue weighted by atomic mass is 9.83. The number of amides is 3. The number of hydrogen-bond donors (Lipinski definition) is 5. The first-order valence-corrected chi connectivity index (χ1v) is 10.5. The van der Waals surface area contributed by atoms with Crippen molar-refractivity contribution < 1.29 is 19.5 Å². The van der Waals surface area contributed by atoms with Gasteiger partial charge >= 0.3 is 6.09 Å². The zero-order valence-electron chi connectivity index (χ0n) is 17.0. The molecule has 2 aromatic rings. The Bertz CT molecular complexity index is 1070. The van der Waals surface area contributed by atoms with Crippen molar-refractivity contribution in [1.29, 1.82) is 5.26 Å². The van der Waals surface area contributed by atoms with Gasteiger partial charge in [-0.05, 0) is 43.9 Å². The lowest BCUT2D eigenvalue weighted by molar-refractivity contribution is -0.126. The number of benzene rings is 1. The monoisotopic (exact) mass is 423 g/mol. The number of carboxylic acid groups (broad SMARTS) is 1. The van der Waals surface area contributed by atoms with E-state index < -0.39 is 11.5 Å². The minimum Gasteiger partial charge on any atom is -0.465 e. The first-order valence-electron chi connectivity index (χ1n) is 10.5. The summed E-state index contributed by atoms with van der Waals surface area (Å²) in [6.45, 7) is 0.369. The Morgan fingerprint density at radius 2 is 1.97 bits per heavy atom. The number of aromatic amines is 1. The van der Waals surface area contributed by atoms with Crippen molar-refractivity contribution in [3.05, 3.63) is 30.0 Å². The second kappa shape index (κ2) is 8.30. The minimum atomic E-state index is -1.16. The largest absolute Gasteiger partial charge is 0.465 e. The highest BCUT2D eigenvalue weighted by molar-refractivity contribution is 5.99. The van der Waals surface area contributed by atoms with Crippen LogP contribution < -0.4 is 16.0 Å². The van der Waals surface area contributed by atoms with Gasteiger partial charge in [0, 0.05) is 29.2 Å². The van der Waals surface area contributed by atoms with E-state index in [-0.39, 0.29) is 23.8 Å². The van der Waals surface area contributed by atoms with E-state index in [1.54, 1.807) is 24.3 Å². The minimum absolute atomic E-state index is 0.104. The van der Waals surface area contributed by atoms with Crippen LogP contribution in [0.25, 0.3) is 10.9 Å². The lowest BCUT2D eigenvalue weighted by Gasteiger charge is -2.31. The Balaban J connectivity index is 1.42. The highest BCUT2D eigenvalue weighted by Gasteiger charge is 2.44. The molecule has 3 amide bonds. The summed E-state index contributed by atoms with van der Waals surface area (Å²) in [5.41, 5.74) is 1.000. The third-order valence-electron chi connectivity index (χ3n) is 6.23. The summed E-state index contributed by atoms with van der Waals surface area (Å²) in [6.07, 6.45) is 3.77. The molecule has 162 valence electrons. The van der Waals surface area contributed by atoms with E-state index in [0.29, 0.717) is 29.9 Å². The number of fused-ring (bicyclic) bond motifs is 1. The molecule has 2 aliphatic rings. The number of rotatable bonds is 6. The molecule has 1 aromatic carbocycles. The third-order valence-corrected chi connectivity index (χ3v) is 6.23. The molecule has 2 saturated carbocycles. The topological polar surface area (TPSA) is 147 Å². The normalized spacial score (nSPS) is 21.6. The number of nitrogens with zero attached hydrogens (tertiary/aromatic N) is 1. The molecular weight excluding hydrogens is 398 g/mol. The van der Waals surface area contributed by atoms with Crippen LogP contribution in [0.2, 0.25) is 0 Å². The Labute approximate surface area is 179 Å². The fourth-order valence-corrected chi connectivity index (χ4v) is 4.18.